The lowest BCUT2D eigenvalue weighted by atomic mass is 10.0. The average Bonchev–Trinajstić information content (AvgIpc) is 2.71. The average molecular weight is 291 g/mol. The van der Waals surface area contributed by atoms with Gasteiger partial charge in [0.05, 0.1) is 11.1 Å². The van der Waals surface area contributed by atoms with E-state index in [4.69, 9.17) is 5.11 Å². The standard InChI is InChI=1S/C13H13N3O5/c1-13(11(20)14-12(21)15-13)16(2)9(17)7-5-3-4-6-8(7)10(18)19/h3-6H,1-2H3,(H,18,19)(H2,14,15,20,21). The number of amides is 4. The third kappa shape index (κ3) is 2.31. The van der Waals surface area contributed by atoms with Gasteiger partial charge in [-0.05, 0) is 19.1 Å². The van der Waals surface area contributed by atoms with Crippen LogP contribution in [0.3, 0.4) is 0 Å². The maximum atomic E-state index is 12.4. The number of likely N-dealkylation sites (N-methyl/N-ethyl adjacent to an activating group) is 1. The summed E-state index contributed by atoms with van der Waals surface area (Å²) in [6.07, 6.45) is 0. The SMILES string of the molecule is CN(C(=O)c1ccccc1C(=O)O)C1(C)NC(=O)NC1=O. The first-order valence-electron chi connectivity index (χ1n) is 6.01. The lowest BCUT2D eigenvalue weighted by Gasteiger charge is -2.32. The van der Waals surface area contributed by atoms with E-state index in [0.29, 0.717) is 0 Å². The summed E-state index contributed by atoms with van der Waals surface area (Å²) in [5, 5.41) is 13.5. The van der Waals surface area contributed by atoms with Gasteiger partial charge in [0.15, 0.2) is 5.66 Å². The van der Waals surface area contributed by atoms with E-state index in [0.717, 1.165) is 4.90 Å². The van der Waals surface area contributed by atoms with Gasteiger partial charge in [-0.1, -0.05) is 12.1 Å². The Labute approximate surface area is 119 Å². The number of carboxylic acid groups (broad SMARTS) is 1. The molecule has 1 saturated heterocycles. The molecule has 0 saturated carbocycles. The lowest BCUT2D eigenvalue weighted by Crippen LogP contribution is -2.59. The maximum absolute atomic E-state index is 12.4. The van der Waals surface area contributed by atoms with Gasteiger partial charge in [-0.15, -0.1) is 0 Å². The second-order valence-electron chi connectivity index (χ2n) is 4.70. The van der Waals surface area contributed by atoms with Gasteiger partial charge in [0, 0.05) is 7.05 Å². The molecule has 0 radical (unpaired) electrons. The molecule has 1 heterocycles. The molecule has 1 aromatic rings. The number of nitrogens with one attached hydrogen (secondary N) is 2. The number of carbonyl (C=O) groups is 4. The normalized spacial score (nSPS) is 20.7. The highest BCUT2D eigenvalue weighted by Gasteiger charge is 2.47. The summed E-state index contributed by atoms with van der Waals surface area (Å²) in [6, 6.07) is 4.93. The van der Waals surface area contributed by atoms with Crippen molar-refractivity contribution in [3.8, 4) is 0 Å². The van der Waals surface area contributed by atoms with E-state index in [9.17, 15) is 19.2 Å². The van der Waals surface area contributed by atoms with Crippen molar-refractivity contribution in [1.82, 2.24) is 15.5 Å². The summed E-state index contributed by atoms with van der Waals surface area (Å²) in [5.41, 5.74) is -1.81. The molecule has 1 fully saturated rings. The number of hydrogen-bond donors (Lipinski definition) is 3. The molecular weight excluding hydrogens is 278 g/mol. The minimum absolute atomic E-state index is 0.0670. The summed E-state index contributed by atoms with van der Waals surface area (Å²) in [6.45, 7) is 1.36. The zero-order chi connectivity index (χ0) is 15.8. The largest absolute Gasteiger partial charge is 0.478 e. The highest BCUT2D eigenvalue weighted by molar-refractivity contribution is 6.11. The molecule has 1 unspecified atom stereocenters. The Kier molecular flexibility index (Phi) is 3.38. The number of hydrogen-bond acceptors (Lipinski definition) is 4. The van der Waals surface area contributed by atoms with Gasteiger partial charge in [-0.2, -0.15) is 0 Å². The Morgan fingerprint density at radius 3 is 2.24 bits per heavy atom. The van der Waals surface area contributed by atoms with Crippen molar-refractivity contribution < 1.29 is 24.3 Å². The molecule has 8 heteroatoms. The van der Waals surface area contributed by atoms with Crippen molar-refractivity contribution in [3.05, 3.63) is 35.4 Å². The third-order valence-electron chi connectivity index (χ3n) is 3.39. The molecule has 0 aromatic heterocycles. The molecule has 1 atom stereocenters. The molecule has 21 heavy (non-hydrogen) atoms. The summed E-state index contributed by atoms with van der Waals surface area (Å²) in [4.78, 5) is 47.6. The van der Waals surface area contributed by atoms with Crippen LogP contribution in [0.5, 0.6) is 0 Å². The number of nitrogens with zero attached hydrogens (tertiary/aromatic N) is 1. The van der Waals surface area contributed by atoms with Crippen LogP contribution in [0, 0.1) is 0 Å². The topological polar surface area (TPSA) is 116 Å². The predicted octanol–water partition coefficient (Wildman–Crippen LogP) is 0.0124. The number of benzene rings is 1. The monoisotopic (exact) mass is 291 g/mol. The van der Waals surface area contributed by atoms with Crippen molar-refractivity contribution in [2.75, 3.05) is 7.05 Å². The minimum atomic E-state index is -1.57. The van der Waals surface area contributed by atoms with Crippen LogP contribution in [0.1, 0.15) is 27.6 Å². The molecule has 0 spiro atoms. The van der Waals surface area contributed by atoms with Crippen molar-refractivity contribution in [3.63, 3.8) is 0 Å². The minimum Gasteiger partial charge on any atom is -0.478 e. The van der Waals surface area contributed by atoms with E-state index >= 15 is 0 Å². The number of carboxylic acids is 1. The molecule has 1 aliphatic rings. The molecule has 8 nitrogen and oxygen atoms in total. The van der Waals surface area contributed by atoms with Gasteiger partial charge in [-0.3, -0.25) is 14.9 Å². The van der Waals surface area contributed by atoms with Crippen molar-refractivity contribution >= 4 is 23.8 Å². The van der Waals surface area contributed by atoms with E-state index in [-0.39, 0.29) is 11.1 Å². The van der Waals surface area contributed by atoms with Crippen LogP contribution in [-0.4, -0.2) is 46.5 Å². The fourth-order valence-corrected chi connectivity index (χ4v) is 2.01. The van der Waals surface area contributed by atoms with E-state index in [2.05, 4.69) is 5.32 Å². The molecule has 1 aromatic carbocycles. The zero-order valence-corrected chi connectivity index (χ0v) is 11.3. The van der Waals surface area contributed by atoms with Gasteiger partial charge < -0.3 is 15.3 Å². The van der Waals surface area contributed by atoms with Gasteiger partial charge in [0.2, 0.25) is 0 Å². The second kappa shape index (κ2) is 4.89. The van der Waals surface area contributed by atoms with Crippen LogP contribution >= 0.6 is 0 Å². The molecular formula is C13H13N3O5. The van der Waals surface area contributed by atoms with Crippen molar-refractivity contribution in [1.29, 1.82) is 0 Å². The van der Waals surface area contributed by atoms with Crippen molar-refractivity contribution in [2.45, 2.75) is 12.6 Å². The molecule has 4 amide bonds. The van der Waals surface area contributed by atoms with Crippen LogP contribution in [0.15, 0.2) is 24.3 Å². The van der Waals surface area contributed by atoms with Crippen LogP contribution < -0.4 is 10.6 Å². The van der Waals surface area contributed by atoms with E-state index in [1.807, 2.05) is 5.32 Å². The van der Waals surface area contributed by atoms with E-state index in [1.54, 1.807) is 0 Å². The molecule has 0 bridgehead atoms. The molecule has 0 aliphatic carbocycles. The third-order valence-corrected chi connectivity index (χ3v) is 3.39. The highest BCUT2D eigenvalue weighted by Crippen LogP contribution is 2.19. The summed E-state index contributed by atoms with van der Waals surface area (Å²) in [5.74, 6) is -2.62. The molecule has 3 N–H and O–H groups in total. The number of carbonyl (C=O) groups excluding carboxylic acids is 3. The van der Waals surface area contributed by atoms with E-state index in [1.165, 1.54) is 38.2 Å². The highest BCUT2D eigenvalue weighted by atomic mass is 16.4. The smallest absolute Gasteiger partial charge is 0.336 e. The van der Waals surface area contributed by atoms with Crippen LogP contribution in [0.25, 0.3) is 0 Å². The Morgan fingerprint density at radius 1 is 1.19 bits per heavy atom. The molecule has 110 valence electrons. The Morgan fingerprint density at radius 2 is 1.76 bits per heavy atom. The lowest BCUT2D eigenvalue weighted by molar-refractivity contribution is -0.127. The van der Waals surface area contributed by atoms with Crippen molar-refractivity contribution in [2.24, 2.45) is 0 Å². The fraction of sp³-hybridized carbons (Fsp3) is 0.231. The zero-order valence-electron chi connectivity index (χ0n) is 11.3. The van der Waals surface area contributed by atoms with Gasteiger partial charge in [0.1, 0.15) is 0 Å². The predicted molar refractivity (Wildman–Crippen MR) is 70.6 cm³/mol. The van der Waals surface area contributed by atoms with Gasteiger partial charge in [-0.25, -0.2) is 9.59 Å². The van der Waals surface area contributed by atoms with Gasteiger partial charge in [0.25, 0.3) is 11.8 Å². The summed E-state index contributed by atoms with van der Waals surface area (Å²) in [7, 11) is 1.31. The van der Waals surface area contributed by atoms with E-state index < -0.39 is 29.5 Å². The van der Waals surface area contributed by atoms with Crippen LogP contribution in [-0.2, 0) is 4.79 Å². The fourth-order valence-electron chi connectivity index (χ4n) is 2.01. The number of rotatable bonds is 3. The number of urea groups is 1. The molecule has 1 aliphatic heterocycles. The summed E-state index contributed by atoms with van der Waals surface area (Å²) >= 11 is 0. The Bertz CT molecular complexity index is 657. The second-order valence-corrected chi connectivity index (χ2v) is 4.70. The molecule has 2 rings (SSSR count). The first-order valence-corrected chi connectivity index (χ1v) is 6.01. The Hall–Kier alpha value is -2.90. The number of aromatic carboxylic acids is 1. The van der Waals surface area contributed by atoms with Crippen LogP contribution in [0.2, 0.25) is 0 Å². The van der Waals surface area contributed by atoms with Crippen LogP contribution in [0.4, 0.5) is 4.79 Å². The van der Waals surface area contributed by atoms with Gasteiger partial charge >= 0.3 is 12.0 Å². The Balaban J connectivity index is 2.39. The summed E-state index contributed by atoms with van der Waals surface area (Å²) < 4.78 is 0. The quantitative estimate of drug-likeness (QED) is 0.678. The first-order chi connectivity index (χ1) is 9.77. The maximum Gasteiger partial charge on any atom is 0.336 e. The first kappa shape index (κ1) is 14.5. The number of imide groups is 1.